The number of furan rings is 1. The second kappa shape index (κ2) is 11.0. The number of carbonyl (C=O) groups excluding carboxylic acids is 3. The number of aromatic nitrogens is 1. The first-order chi connectivity index (χ1) is 17.0. The molecule has 0 spiro atoms. The maximum absolute atomic E-state index is 13.7. The van der Waals surface area contributed by atoms with Crippen LogP contribution in [0.15, 0.2) is 65.5 Å². The molecule has 0 unspecified atom stereocenters. The highest BCUT2D eigenvalue weighted by molar-refractivity contribution is 6.04. The van der Waals surface area contributed by atoms with Crippen LogP contribution < -0.4 is 15.5 Å². The summed E-state index contributed by atoms with van der Waals surface area (Å²) in [7, 11) is 0. The van der Waals surface area contributed by atoms with Crippen molar-refractivity contribution in [2.75, 3.05) is 11.4 Å². The highest BCUT2D eigenvalue weighted by atomic mass is 16.3. The van der Waals surface area contributed by atoms with Crippen molar-refractivity contribution in [1.82, 2.24) is 15.6 Å². The fourth-order valence-corrected chi connectivity index (χ4v) is 4.46. The van der Waals surface area contributed by atoms with Gasteiger partial charge in [0.15, 0.2) is 5.76 Å². The van der Waals surface area contributed by atoms with Crippen molar-refractivity contribution in [3.8, 4) is 0 Å². The number of nitrogens with zero attached hydrogens (tertiary/aromatic N) is 2. The molecule has 182 valence electrons. The summed E-state index contributed by atoms with van der Waals surface area (Å²) in [5.74, 6) is -1.06. The van der Waals surface area contributed by atoms with Gasteiger partial charge in [-0.2, -0.15) is 0 Å². The molecule has 8 nitrogen and oxygen atoms in total. The quantitative estimate of drug-likeness (QED) is 0.516. The first-order valence-electron chi connectivity index (χ1n) is 11.9. The Hall–Kier alpha value is -3.94. The molecule has 3 aromatic rings. The van der Waals surface area contributed by atoms with Crippen molar-refractivity contribution in [1.29, 1.82) is 0 Å². The minimum atomic E-state index is -0.924. The summed E-state index contributed by atoms with van der Waals surface area (Å²) in [4.78, 5) is 45.4. The molecule has 8 heteroatoms. The Bertz CT molecular complexity index is 1170. The number of amides is 3. The van der Waals surface area contributed by atoms with E-state index in [0.717, 1.165) is 36.8 Å². The summed E-state index contributed by atoms with van der Waals surface area (Å²) in [5.41, 5.74) is 3.13. The highest BCUT2D eigenvalue weighted by Gasteiger charge is 2.35. The van der Waals surface area contributed by atoms with Crippen molar-refractivity contribution >= 4 is 23.4 Å². The average Bonchev–Trinajstić information content (AvgIpc) is 3.58. The molecule has 0 radical (unpaired) electrons. The van der Waals surface area contributed by atoms with Crippen LogP contribution in [0, 0.1) is 13.8 Å². The Balaban J connectivity index is 1.70. The van der Waals surface area contributed by atoms with Crippen molar-refractivity contribution in [2.45, 2.75) is 51.6 Å². The highest BCUT2D eigenvalue weighted by Crippen LogP contribution is 2.32. The summed E-state index contributed by atoms with van der Waals surface area (Å²) in [6, 6.07) is 11.4. The van der Waals surface area contributed by atoms with E-state index in [0.29, 0.717) is 11.3 Å². The van der Waals surface area contributed by atoms with E-state index >= 15 is 0 Å². The van der Waals surface area contributed by atoms with Gasteiger partial charge in [0.2, 0.25) is 11.8 Å². The summed E-state index contributed by atoms with van der Waals surface area (Å²) < 4.78 is 5.13. The van der Waals surface area contributed by atoms with E-state index in [1.807, 2.05) is 32.0 Å². The Morgan fingerprint density at radius 2 is 1.80 bits per heavy atom. The molecular weight excluding hydrogens is 444 g/mol. The fraction of sp³-hybridized carbons (Fsp3) is 0.333. The first-order valence-corrected chi connectivity index (χ1v) is 11.9. The van der Waals surface area contributed by atoms with Crippen LogP contribution in [0.25, 0.3) is 0 Å². The molecular formula is C27H30N4O4. The Labute approximate surface area is 204 Å². The molecule has 1 aliphatic carbocycles. The zero-order chi connectivity index (χ0) is 24.8. The van der Waals surface area contributed by atoms with Crippen LogP contribution in [-0.4, -0.2) is 35.3 Å². The lowest BCUT2D eigenvalue weighted by Crippen LogP contribution is -2.49. The number of nitrogens with one attached hydrogen (secondary N) is 2. The number of carbonyl (C=O) groups is 3. The molecule has 2 aromatic heterocycles. The third-order valence-electron chi connectivity index (χ3n) is 6.48. The van der Waals surface area contributed by atoms with E-state index in [9.17, 15) is 14.4 Å². The van der Waals surface area contributed by atoms with Gasteiger partial charge in [0.05, 0.1) is 12.8 Å². The van der Waals surface area contributed by atoms with Gasteiger partial charge in [0, 0.05) is 24.1 Å². The van der Waals surface area contributed by atoms with Crippen LogP contribution >= 0.6 is 0 Å². The van der Waals surface area contributed by atoms with Gasteiger partial charge >= 0.3 is 0 Å². The molecule has 1 saturated carbocycles. The third kappa shape index (κ3) is 5.59. The van der Waals surface area contributed by atoms with Crippen molar-refractivity contribution in [3.63, 3.8) is 0 Å². The van der Waals surface area contributed by atoms with Crippen molar-refractivity contribution in [3.05, 3.63) is 83.6 Å². The van der Waals surface area contributed by atoms with E-state index < -0.39 is 17.9 Å². The fourth-order valence-electron chi connectivity index (χ4n) is 4.46. The van der Waals surface area contributed by atoms with Gasteiger partial charge in [-0.05, 0) is 73.7 Å². The van der Waals surface area contributed by atoms with Gasteiger partial charge in [0.25, 0.3) is 5.91 Å². The Kier molecular flexibility index (Phi) is 7.60. The standard InChI is InChI=1S/C27H30N4O4/c1-18-7-5-10-22(19(18)2)31(24(32)17-29-26(33)23-11-6-16-35-23)25(20-12-14-28-15-13-20)27(34)30-21-8-3-4-9-21/h5-7,10-16,21,25H,3-4,8-9,17H2,1-2H3,(H,29,33)(H,30,34)/t25-/m1/s1. The number of hydrogen-bond acceptors (Lipinski definition) is 5. The van der Waals surface area contributed by atoms with E-state index in [4.69, 9.17) is 4.42 Å². The van der Waals surface area contributed by atoms with Gasteiger partial charge in [-0.1, -0.05) is 25.0 Å². The average molecular weight is 475 g/mol. The molecule has 1 aromatic carbocycles. The minimum absolute atomic E-state index is 0.0843. The van der Waals surface area contributed by atoms with Gasteiger partial charge in [0.1, 0.15) is 6.04 Å². The third-order valence-corrected chi connectivity index (χ3v) is 6.48. The number of pyridine rings is 1. The maximum Gasteiger partial charge on any atom is 0.287 e. The number of benzene rings is 1. The largest absolute Gasteiger partial charge is 0.459 e. The van der Waals surface area contributed by atoms with Gasteiger partial charge in [-0.15, -0.1) is 0 Å². The second-order valence-electron chi connectivity index (χ2n) is 8.82. The molecule has 0 saturated heterocycles. The van der Waals surface area contributed by atoms with Crippen molar-refractivity contribution < 1.29 is 18.8 Å². The molecule has 0 bridgehead atoms. The number of rotatable bonds is 8. The predicted octanol–water partition coefficient (Wildman–Crippen LogP) is 3.85. The molecule has 2 heterocycles. The zero-order valence-corrected chi connectivity index (χ0v) is 20.0. The van der Waals surface area contributed by atoms with Gasteiger partial charge in [-0.25, -0.2) is 0 Å². The van der Waals surface area contributed by atoms with Crippen LogP contribution in [0.1, 0.15) is 59.0 Å². The van der Waals surface area contributed by atoms with E-state index in [1.54, 1.807) is 30.6 Å². The lowest BCUT2D eigenvalue weighted by Gasteiger charge is -2.33. The van der Waals surface area contributed by atoms with Crippen LogP contribution in [-0.2, 0) is 9.59 Å². The van der Waals surface area contributed by atoms with Crippen LogP contribution in [0.4, 0.5) is 5.69 Å². The van der Waals surface area contributed by atoms with Crippen LogP contribution in [0.2, 0.25) is 0 Å². The van der Waals surface area contributed by atoms with Gasteiger partial charge < -0.3 is 15.1 Å². The summed E-state index contributed by atoms with van der Waals surface area (Å²) in [6.45, 7) is 3.58. The first kappa shape index (κ1) is 24.2. The van der Waals surface area contributed by atoms with Crippen molar-refractivity contribution in [2.24, 2.45) is 0 Å². The Morgan fingerprint density at radius 3 is 2.49 bits per heavy atom. The van der Waals surface area contributed by atoms with Crippen LogP contribution in [0.3, 0.4) is 0 Å². The molecule has 2 N–H and O–H groups in total. The smallest absolute Gasteiger partial charge is 0.287 e. The van der Waals surface area contributed by atoms with Gasteiger partial charge in [-0.3, -0.25) is 24.3 Å². The number of anilines is 1. The molecule has 1 fully saturated rings. The van der Waals surface area contributed by atoms with E-state index in [1.165, 1.54) is 17.2 Å². The predicted molar refractivity (Wildman–Crippen MR) is 132 cm³/mol. The summed E-state index contributed by atoms with van der Waals surface area (Å²) >= 11 is 0. The molecule has 4 rings (SSSR count). The number of hydrogen-bond donors (Lipinski definition) is 2. The molecule has 0 aliphatic heterocycles. The monoisotopic (exact) mass is 474 g/mol. The minimum Gasteiger partial charge on any atom is -0.459 e. The summed E-state index contributed by atoms with van der Waals surface area (Å²) in [6.07, 6.45) is 8.60. The SMILES string of the molecule is Cc1cccc(N(C(=O)CNC(=O)c2ccco2)[C@@H](C(=O)NC2CCCC2)c2ccncc2)c1C. The maximum atomic E-state index is 13.7. The normalized spacial score (nSPS) is 14.3. The molecule has 1 atom stereocenters. The summed E-state index contributed by atoms with van der Waals surface area (Å²) in [5, 5.41) is 5.77. The molecule has 1 aliphatic rings. The van der Waals surface area contributed by atoms with Crippen LogP contribution in [0.5, 0.6) is 0 Å². The molecule has 3 amide bonds. The zero-order valence-electron chi connectivity index (χ0n) is 20.0. The second-order valence-corrected chi connectivity index (χ2v) is 8.82. The lowest BCUT2D eigenvalue weighted by atomic mass is 10.0. The topological polar surface area (TPSA) is 105 Å². The number of aryl methyl sites for hydroxylation is 1. The molecule has 35 heavy (non-hydrogen) atoms. The Morgan fingerprint density at radius 1 is 1.06 bits per heavy atom. The lowest BCUT2D eigenvalue weighted by molar-refractivity contribution is -0.126. The van der Waals surface area contributed by atoms with E-state index in [2.05, 4.69) is 15.6 Å². The van der Waals surface area contributed by atoms with E-state index in [-0.39, 0.29) is 24.3 Å².